The van der Waals surface area contributed by atoms with Gasteiger partial charge in [0.25, 0.3) is 5.91 Å². The first-order chi connectivity index (χ1) is 10.5. The zero-order valence-electron chi connectivity index (χ0n) is 12.2. The van der Waals surface area contributed by atoms with E-state index in [1.54, 1.807) is 24.3 Å². The highest BCUT2D eigenvalue weighted by molar-refractivity contribution is 6.42. The van der Waals surface area contributed by atoms with Crippen LogP contribution in [-0.2, 0) is 0 Å². The van der Waals surface area contributed by atoms with E-state index in [-0.39, 0.29) is 11.9 Å². The predicted molar refractivity (Wildman–Crippen MR) is 89.0 cm³/mol. The lowest BCUT2D eigenvalue weighted by Crippen LogP contribution is -2.32. The summed E-state index contributed by atoms with van der Waals surface area (Å²) in [4.78, 5) is 20.1. The molecule has 2 rings (SSSR count). The molecule has 116 valence electrons. The smallest absolute Gasteiger partial charge is 0.270 e. The van der Waals surface area contributed by atoms with E-state index in [4.69, 9.17) is 23.2 Å². The monoisotopic (exact) mass is 338 g/mol. The van der Waals surface area contributed by atoms with Gasteiger partial charge in [0.1, 0.15) is 17.8 Å². The number of carbonyl (C=O) groups is 1. The standard InChI is InChI=1S/C15H16Cl2N4O/c1-3-9(2)20-15(22)13-7-14(19-8-18-13)21-10-4-5-11(16)12(17)6-10/h4-9H,3H2,1-2H3,(H,20,22)(H,18,19,21). The molecule has 0 radical (unpaired) electrons. The largest absolute Gasteiger partial charge is 0.348 e. The maximum atomic E-state index is 12.0. The summed E-state index contributed by atoms with van der Waals surface area (Å²) in [7, 11) is 0. The minimum absolute atomic E-state index is 0.0916. The van der Waals surface area contributed by atoms with E-state index in [0.29, 0.717) is 21.6 Å². The Balaban J connectivity index is 2.14. The third kappa shape index (κ3) is 4.32. The molecule has 0 saturated heterocycles. The van der Waals surface area contributed by atoms with E-state index >= 15 is 0 Å². The number of benzene rings is 1. The van der Waals surface area contributed by atoms with Crippen LogP contribution in [0, 0.1) is 0 Å². The predicted octanol–water partition coefficient (Wildman–Crippen LogP) is 4.06. The van der Waals surface area contributed by atoms with Crippen molar-refractivity contribution in [3.05, 3.63) is 46.3 Å². The summed E-state index contributed by atoms with van der Waals surface area (Å²) in [5.41, 5.74) is 1.03. The van der Waals surface area contributed by atoms with Crippen LogP contribution in [0.1, 0.15) is 30.8 Å². The minimum atomic E-state index is -0.228. The van der Waals surface area contributed by atoms with E-state index in [1.807, 2.05) is 13.8 Å². The number of carbonyl (C=O) groups excluding carboxylic acids is 1. The van der Waals surface area contributed by atoms with Gasteiger partial charge in [-0.15, -0.1) is 0 Å². The van der Waals surface area contributed by atoms with Gasteiger partial charge in [0.15, 0.2) is 0 Å². The van der Waals surface area contributed by atoms with Crippen molar-refractivity contribution < 1.29 is 4.79 Å². The Kier molecular flexibility index (Phi) is 5.57. The zero-order chi connectivity index (χ0) is 16.1. The van der Waals surface area contributed by atoms with E-state index in [0.717, 1.165) is 12.1 Å². The molecule has 1 atom stereocenters. The average molecular weight is 339 g/mol. The topological polar surface area (TPSA) is 66.9 Å². The van der Waals surface area contributed by atoms with Gasteiger partial charge in [-0.3, -0.25) is 4.79 Å². The molecule has 1 aromatic carbocycles. The summed E-state index contributed by atoms with van der Waals surface area (Å²) < 4.78 is 0. The van der Waals surface area contributed by atoms with Gasteiger partial charge in [-0.25, -0.2) is 9.97 Å². The van der Waals surface area contributed by atoms with Crippen LogP contribution in [0.2, 0.25) is 10.0 Å². The van der Waals surface area contributed by atoms with Crippen molar-refractivity contribution in [1.82, 2.24) is 15.3 Å². The molecule has 7 heteroatoms. The maximum absolute atomic E-state index is 12.0. The summed E-state index contributed by atoms with van der Waals surface area (Å²) in [5.74, 6) is 0.275. The number of nitrogens with zero attached hydrogens (tertiary/aromatic N) is 2. The van der Waals surface area contributed by atoms with Gasteiger partial charge in [0.2, 0.25) is 0 Å². The van der Waals surface area contributed by atoms with Crippen molar-refractivity contribution in [1.29, 1.82) is 0 Å². The van der Waals surface area contributed by atoms with Crippen molar-refractivity contribution in [2.75, 3.05) is 5.32 Å². The highest BCUT2D eigenvalue weighted by Gasteiger charge is 2.11. The number of nitrogens with one attached hydrogen (secondary N) is 2. The number of anilines is 2. The molecule has 0 aliphatic carbocycles. The molecule has 1 unspecified atom stereocenters. The molecule has 0 saturated carbocycles. The van der Waals surface area contributed by atoms with Gasteiger partial charge < -0.3 is 10.6 Å². The molecule has 2 N–H and O–H groups in total. The third-order valence-corrected chi connectivity index (χ3v) is 3.82. The number of aromatic nitrogens is 2. The fourth-order valence-electron chi connectivity index (χ4n) is 1.67. The SMILES string of the molecule is CCC(C)NC(=O)c1cc(Nc2ccc(Cl)c(Cl)c2)ncn1. The lowest BCUT2D eigenvalue weighted by Gasteiger charge is -2.11. The number of halogens is 2. The Morgan fingerprint density at radius 3 is 2.68 bits per heavy atom. The van der Waals surface area contributed by atoms with E-state index in [2.05, 4.69) is 20.6 Å². The molecule has 0 bridgehead atoms. The van der Waals surface area contributed by atoms with Crippen molar-refractivity contribution in [2.24, 2.45) is 0 Å². The zero-order valence-corrected chi connectivity index (χ0v) is 13.7. The quantitative estimate of drug-likeness (QED) is 0.862. The van der Waals surface area contributed by atoms with Crippen LogP contribution >= 0.6 is 23.2 Å². The van der Waals surface area contributed by atoms with Crippen LogP contribution in [0.15, 0.2) is 30.6 Å². The Bertz CT molecular complexity index is 678. The Hall–Kier alpha value is -1.85. The second kappa shape index (κ2) is 7.42. The molecule has 0 aliphatic rings. The van der Waals surface area contributed by atoms with Crippen LogP contribution in [0.4, 0.5) is 11.5 Å². The van der Waals surface area contributed by atoms with Gasteiger partial charge in [-0.05, 0) is 31.5 Å². The van der Waals surface area contributed by atoms with Gasteiger partial charge in [0, 0.05) is 17.8 Å². The van der Waals surface area contributed by atoms with Crippen molar-refractivity contribution >= 4 is 40.6 Å². The van der Waals surface area contributed by atoms with E-state index < -0.39 is 0 Å². The molecule has 1 amide bonds. The first kappa shape index (κ1) is 16.5. The number of hydrogen-bond acceptors (Lipinski definition) is 4. The number of amides is 1. The second-order valence-corrected chi connectivity index (χ2v) is 5.64. The van der Waals surface area contributed by atoms with Gasteiger partial charge in [-0.1, -0.05) is 30.1 Å². The molecular weight excluding hydrogens is 323 g/mol. The molecule has 22 heavy (non-hydrogen) atoms. The van der Waals surface area contributed by atoms with E-state index in [9.17, 15) is 4.79 Å². The van der Waals surface area contributed by atoms with Gasteiger partial charge in [-0.2, -0.15) is 0 Å². The lowest BCUT2D eigenvalue weighted by molar-refractivity contribution is 0.0934. The van der Waals surface area contributed by atoms with Crippen LogP contribution in [-0.4, -0.2) is 21.9 Å². The molecule has 0 fully saturated rings. The Labute approximate surface area is 139 Å². The Morgan fingerprint density at radius 2 is 2.00 bits per heavy atom. The molecule has 0 aliphatic heterocycles. The summed E-state index contributed by atoms with van der Waals surface area (Å²) in [6.45, 7) is 3.94. The normalized spacial score (nSPS) is 11.8. The summed E-state index contributed by atoms with van der Waals surface area (Å²) in [5, 5.41) is 6.83. The highest BCUT2D eigenvalue weighted by Crippen LogP contribution is 2.26. The number of rotatable bonds is 5. The summed E-state index contributed by atoms with van der Waals surface area (Å²) in [6, 6.07) is 6.82. The summed E-state index contributed by atoms with van der Waals surface area (Å²) >= 11 is 11.8. The van der Waals surface area contributed by atoms with Crippen molar-refractivity contribution in [3.8, 4) is 0 Å². The van der Waals surface area contributed by atoms with Crippen LogP contribution in [0.25, 0.3) is 0 Å². The van der Waals surface area contributed by atoms with Crippen LogP contribution in [0.5, 0.6) is 0 Å². The molecule has 1 aromatic heterocycles. The van der Waals surface area contributed by atoms with Gasteiger partial charge >= 0.3 is 0 Å². The molecular formula is C15H16Cl2N4O. The van der Waals surface area contributed by atoms with Crippen LogP contribution < -0.4 is 10.6 Å². The fraction of sp³-hybridized carbons (Fsp3) is 0.267. The Morgan fingerprint density at radius 1 is 1.23 bits per heavy atom. The third-order valence-electron chi connectivity index (χ3n) is 3.08. The average Bonchev–Trinajstić information content (AvgIpc) is 2.51. The molecule has 1 heterocycles. The summed E-state index contributed by atoms with van der Waals surface area (Å²) in [6.07, 6.45) is 2.19. The molecule has 0 spiro atoms. The maximum Gasteiger partial charge on any atom is 0.270 e. The van der Waals surface area contributed by atoms with Gasteiger partial charge in [0.05, 0.1) is 10.0 Å². The van der Waals surface area contributed by atoms with Crippen molar-refractivity contribution in [3.63, 3.8) is 0 Å². The molecule has 5 nitrogen and oxygen atoms in total. The van der Waals surface area contributed by atoms with Crippen LogP contribution in [0.3, 0.4) is 0 Å². The lowest BCUT2D eigenvalue weighted by atomic mass is 10.2. The highest BCUT2D eigenvalue weighted by atomic mass is 35.5. The van der Waals surface area contributed by atoms with Crippen molar-refractivity contribution in [2.45, 2.75) is 26.3 Å². The molecule has 2 aromatic rings. The second-order valence-electron chi connectivity index (χ2n) is 4.83. The fourth-order valence-corrected chi connectivity index (χ4v) is 1.97. The number of hydrogen-bond donors (Lipinski definition) is 2. The first-order valence-corrected chi connectivity index (χ1v) is 7.60. The first-order valence-electron chi connectivity index (χ1n) is 6.84. The van der Waals surface area contributed by atoms with E-state index in [1.165, 1.54) is 6.33 Å². The minimum Gasteiger partial charge on any atom is -0.348 e.